The third-order valence-corrected chi connectivity index (χ3v) is 2.47. The Bertz CT molecular complexity index is 483. The van der Waals surface area contributed by atoms with Crippen molar-refractivity contribution in [1.29, 1.82) is 0 Å². The molecule has 1 heterocycles. The van der Waals surface area contributed by atoms with Crippen molar-refractivity contribution in [2.45, 2.75) is 6.61 Å². The molecule has 2 N–H and O–H groups in total. The maximum atomic E-state index is 13.1. The second-order valence-corrected chi connectivity index (χ2v) is 3.97. The second kappa shape index (κ2) is 4.40. The fourth-order valence-corrected chi connectivity index (χ4v) is 1.60. The summed E-state index contributed by atoms with van der Waals surface area (Å²) in [5.41, 5.74) is 5.35. The minimum atomic E-state index is -0.752. The fraction of sp³-hybridized carbons (Fsp3) is 0.111. The molecule has 0 radical (unpaired) electrons. The number of nitrogens with zero attached hydrogens (tertiary/aromatic N) is 2. The lowest BCUT2D eigenvalue weighted by Crippen LogP contribution is -1.99. The van der Waals surface area contributed by atoms with Crippen molar-refractivity contribution < 1.29 is 13.5 Å². The Hall–Kier alpha value is -1.76. The highest BCUT2D eigenvalue weighted by atomic mass is 32.1. The highest BCUT2D eigenvalue weighted by Crippen LogP contribution is 2.22. The Kier molecular flexibility index (Phi) is 2.95. The number of nitrogens with two attached hydrogens (primary N) is 1. The summed E-state index contributed by atoms with van der Waals surface area (Å²) < 4.78 is 31.2. The Morgan fingerprint density at radius 2 is 1.94 bits per heavy atom. The van der Waals surface area contributed by atoms with Crippen LogP contribution in [0.5, 0.6) is 5.75 Å². The van der Waals surface area contributed by atoms with Crippen LogP contribution in [-0.4, -0.2) is 10.2 Å². The number of nitrogen functional groups attached to an aromatic ring is 1. The minimum Gasteiger partial charge on any atom is -0.480 e. The lowest BCUT2D eigenvalue weighted by molar-refractivity contribution is 0.273. The molecule has 0 aliphatic rings. The molecule has 0 spiro atoms. The molecular weight excluding hydrogens is 236 g/mol. The van der Waals surface area contributed by atoms with Crippen LogP contribution >= 0.6 is 11.3 Å². The summed E-state index contributed by atoms with van der Waals surface area (Å²) in [5, 5.41) is 7.96. The van der Waals surface area contributed by atoms with Gasteiger partial charge in [-0.2, -0.15) is 0 Å². The van der Waals surface area contributed by atoms with Crippen LogP contribution < -0.4 is 10.5 Å². The van der Waals surface area contributed by atoms with Crippen LogP contribution in [0.1, 0.15) is 5.01 Å². The number of anilines is 1. The van der Waals surface area contributed by atoms with Gasteiger partial charge in [0.25, 0.3) is 0 Å². The number of ether oxygens (including phenoxy) is 1. The summed E-state index contributed by atoms with van der Waals surface area (Å²) in [6.07, 6.45) is 0. The zero-order valence-electron chi connectivity index (χ0n) is 7.98. The Balaban J connectivity index is 2.10. The van der Waals surface area contributed by atoms with Gasteiger partial charge in [0, 0.05) is 0 Å². The molecular formula is C9H7F2N3OS. The zero-order valence-corrected chi connectivity index (χ0v) is 8.80. The molecule has 16 heavy (non-hydrogen) atoms. The van der Waals surface area contributed by atoms with Gasteiger partial charge in [-0.25, -0.2) is 8.78 Å². The third kappa shape index (κ3) is 2.25. The van der Waals surface area contributed by atoms with E-state index >= 15 is 0 Å². The summed E-state index contributed by atoms with van der Waals surface area (Å²) in [6.45, 7) is -0.0628. The molecule has 4 nitrogen and oxygen atoms in total. The average molecular weight is 243 g/mol. The van der Waals surface area contributed by atoms with E-state index in [9.17, 15) is 8.78 Å². The molecule has 84 valence electrons. The smallest absolute Gasteiger partial charge is 0.203 e. The van der Waals surface area contributed by atoms with Crippen molar-refractivity contribution >= 4 is 16.5 Å². The lowest BCUT2D eigenvalue weighted by atomic mass is 10.3. The Morgan fingerprint density at radius 3 is 2.50 bits per heavy atom. The van der Waals surface area contributed by atoms with Crippen LogP contribution in [0.15, 0.2) is 18.2 Å². The highest BCUT2D eigenvalue weighted by Gasteiger charge is 2.10. The first kappa shape index (κ1) is 10.7. The van der Waals surface area contributed by atoms with Crippen LogP contribution in [0.25, 0.3) is 0 Å². The zero-order chi connectivity index (χ0) is 11.5. The summed E-state index contributed by atoms with van der Waals surface area (Å²) in [4.78, 5) is 0. The summed E-state index contributed by atoms with van der Waals surface area (Å²) in [5.74, 6) is -1.92. The monoisotopic (exact) mass is 243 g/mol. The van der Waals surface area contributed by atoms with Crippen LogP contribution in [-0.2, 0) is 6.61 Å². The van der Waals surface area contributed by atoms with Gasteiger partial charge in [0.15, 0.2) is 22.4 Å². The molecule has 1 aromatic heterocycles. The summed E-state index contributed by atoms with van der Waals surface area (Å²) in [6, 6.07) is 3.50. The van der Waals surface area contributed by atoms with Crippen molar-refractivity contribution in [2.75, 3.05) is 5.73 Å². The van der Waals surface area contributed by atoms with Gasteiger partial charge < -0.3 is 10.5 Å². The van der Waals surface area contributed by atoms with E-state index in [-0.39, 0.29) is 11.7 Å². The quantitative estimate of drug-likeness (QED) is 0.895. The number of hydrogen-bond acceptors (Lipinski definition) is 5. The van der Waals surface area contributed by atoms with E-state index in [4.69, 9.17) is 10.5 Å². The van der Waals surface area contributed by atoms with Gasteiger partial charge in [0.05, 0.1) is 0 Å². The molecule has 0 amide bonds. The van der Waals surface area contributed by atoms with Crippen LogP contribution in [0, 0.1) is 11.6 Å². The predicted octanol–water partition coefficient (Wildman–Crippen LogP) is 1.98. The summed E-state index contributed by atoms with van der Waals surface area (Å²) in [7, 11) is 0. The van der Waals surface area contributed by atoms with Gasteiger partial charge in [0.1, 0.15) is 6.61 Å². The molecule has 2 rings (SSSR count). The topological polar surface area (TPSA) is 61.0 Å². The van der Waals surface area contributed by atoms with E-state index in [0.717, 1.165) is 23.5 Å². The van der Waals surface area contributed by atoms with E-state index in [1.54, 1.807) is 0 Å². The number of halogens is 2. The molecule has 7 heteroatoms. The molecule has 0 aliphatic carbocycles. The first-order valence-corrected chi connectivity index (χ1v) is 5.13. The third-order valence-electron chi connectivity index (χ3n) is 1.74. The lowest BCUT2D eigenvalue weighted by Gasteiger charge is -2.05. The molecule has 0 atom stereocenters. The number of rotatable bonds is 3. The van der Waals surface area contributed by atoms with Crippen LogP contribution in [0.3, 0.4) is 0 Å². The van der Waals surface area contributed by atoms with E-state index in [1.807, 2.05) is 0 Å². The first-order valence-electron chi connectivity index (χ1n) is 4.31. The highest BCUT2D eigenvalue weighted by molar-refractivity contribution is 7.15. The molecule has 1 aromatic carbocycles. The van der Waals surface area contributed by atoms with E-state index in [2.05, 4.69) is 10.2 Å². The first-order chi connectivity index (χ1) is 7.66. The fourth-order valence-electron chi connectivity index (χ4n) is 1.08. The van der Waals surface area contributed by atoms with Gasteiger partial charge in [-0.05, 0) is 12.1 Å². The van der Waals surface area contributed by atoms with Gasteiger partial charge in [-0.1, -0.05) is 17.4 Å². The maximum Gasteiger partial charge on any atom is 0.203 e. The van der Waals surface area contributed by atoms with E-state index in [1.165, 1.54) is 6.07 Å². The number of benzene rings is 1. The maximum absolute atomic E-state index is 13.1. The molecule has 0 unspecified atom stereocenters. The number of hydrogen-bond donors (Lipinski definition) is 1. The minimum absolute atomic E-state index is 0.0628. The van der Waals surface area contributed by atoms with Gasteiger partial charge >= 0.3 is 0 Å². The molecule has 0 fully saturated rings. The number of aromatic nitrogens is 2. The Labute approximate surface area is 93.7 Å². The average Bonchev–Trinajstić information content (AvgIpc) is 2.63. The van der Waals surface area contributed by atoms with Gasteiger partial charge in [0.2, 0.25) is 5.13 Å². The SMILES string of the molecule is Nc1nnc(COc2c(F)cccc2F)s1. The summed E-state index contributed by atoms with van der Waals surface area (Å²) >= 11 is 1.10. The van der Waals surface area contributed by atoms with Gasteiger partial charge in [-0.3, -0.25) is 0 Å². The van der Waals surface area contributed by atoms with Crippen molar-refractivity contribution in [3.05, 3.63) is 34.8 Å². The number of para-hydroxylation sites is 1. The predicted molar refractivity (Wildman–Crippen MR) is 55.0 cm³/mol. The Morgan fingerprint density at radius 1 is 1.25 bits per heavy atom. The van der Waals surface area contributed by atoms with Crippen molar-refractivity contribution in [3.63, 3.8) is 0 Å². The largest absolute Gasteiger partial charge is 0.480 e. The second-order valence-electron chi connectivity index (χ2n) is 2.87. The molecule has 0 aliphatic heterocycles. The van der Waals surface area contributed by atoms with E-state index in [0.29, 0.717) is 5.01 Å². The van der Waals surface area contributed by atoms with Crippen molar-refractivity contribution in [1.82, 2.24) is 10.2 Å². The molecule has 0 saturated carbocycles. The van der Waals surface area contributed by atoms with Crippen molar-refractivity contribution in [2.24, 2.45) is 0 Å². The van der Waals surface area contributed by atoms with Crippen LogP contribution in [0.4, 0.5) is 13.9 Å². The van der Waals surface area contributed by atoms with E-state index < -0.39 is 17.4 Å². The van der Waals surface area contributed by atoms with Crippen LogP contribution in [0.2, 0.25) is 0 Å². The molecule has 2 aromatic rings. The van der Waals surface area contributed by atoms with Crippen molar-refractivity contribution in [3.8, 4) is 5.75 Å². The molecule has 0 bridgehead atoms. The standard InChI is InChI=1S/C9H7F2N3OS/c10-5-2-1-3-6(11)8(5)15-4-7-13-14-9(12)16-7/h1-3H,4H2,(H2,12,14). The van der Waals surface area contributed by atoms with Gasteiger partial charge in [-0.15, -0.1) is 10.2 Å². The normalized spacial score (nSPS) is 10.4. The molecule has 0 saturated heterocycles.